The van der Waals surface area contributed by atoms with Gasteiger partial charge < -0.3 is 10.3 Å². The molecule has 0 amide bonds. The number of aromatic nitrogens is 1. The van der Waals surface area contributed by atoms with Crippen molar-refractivity contribution in [2.45, 2.75) is 18.0 Å². The third-order valence-corrected chi connectivity index (χ3v) is 5.79. The van der Waals surface area contributed by atoms with Gasteiger partial charge in [-0.3, -0.25) is 4.79 Å². The average molecular weight is 392 g/mol. The van der Waals surface area contributed by atoms with Crippen LogP contribution in [0.3, 0.4) is 0 Å². The zero-order valence-electron chi connectivity index (χ0n) is 11.1. The highest BCUT2D eigenvalue weighted by Gasteiger charge is 2.17. The Morgan fingerprint density at radius 2 is 2.10 bits per heavy atom. The van der Waals surface area contributed by atoms with Crippen LogP contribution in [0.15, 0.2) is 37.7 Å². The van der Waals surface area contributed by atoms with Crippen molar-refractivity contribution in [3.63, 3.8) is 0 Å². The first-order valence-electron chi connectivity index (χ1n) is 6.02. The van der Waals surface area contributed by atoms with E-state index in [0.29, 0.717) is 16.7 Å². The van der Waals surface area contributed by atoms with Crippen molar-refractivity contribution in [1.29, 1.82) is 0 Å². The van der Waals surface area contributed by atoms with Gasteiger partial charge in [-0.05, 0) is 40.7 Å². The Kier molecular flexibility index (Phi) is 5.33. The maximum absolute atomic E-state index is 12.3. The van der Waals surface area contributed by atoms with E-state index in [4.69, 9.17) is 0 Å². The number of rotatable bonds is 6. The fraction of sp³-hybridized carbons (Fsp3) is 0.250. The SMILES string of the molecule is CNCc1ccc(S(=O)(=O)NCc2csc(=O)[nH]2)c(Br)c1. The molecule has 114 valence electrons. The predicted octanol–water partition coefficient (Wildman–Crippen LogP) is 1.40. The maximum atomic E-state index is 12.3. The number of thiazole rings is 1. The van der Waals surface area contributed by atoms with Crippen LogP contribution in [0, 0.1) is 0 Å². The molecule has 0 saturated carbocycles. The number of halogens is 1. The highest BCUT2D eigenvalue weighted by Crippen LogP contribution is 2.23. The molecule has 6 nitrogen and oxygen atoms in total. The lowest BCUT2D eigenvalue weighted by Gasteiger charge is -2.09. The van der Waals surface area contributed by atoms with Gasteiger partial charge in [0.25, 0.3) is 0 Å². The predicted molar refractivity (Wildman–Crippen MR) is 85.9 cm³/mol. The Morgan fingerprint density at radius 3 is 2.67 bits per heavy atom. The van der Waals surface area contributed by atoms with Gasteiger partial charge in [-0.1, -0.05) is 17.4 Å². The van der Waals surface area contributed by atoms with E-state index in [1.165, 1.54) is 0 Å². The van der Waals surface area contributed by atoms with Gasteiger partial charge in [0.15, 0.2) is 0 Å². The quantitative estimate of drug-likeness (QED) is 0.693. The van der Waals surface area contributed by atoms with Crippen molar-refractivity contribution >= 4 is 37.3 Å². The lowest BCUT2D eigenvalue weighted by molar-refractivity contribution is 0.580. The summed E-state index contributed by atoms with van der Waals surface area (Å²) in [5, 5.41) is 4.59. The minimum Gasteiger partial charge on any atom is -0.316 e. The van der Waals surface area contributed by atoms with Gasteiger partial charge in [-0.15, -0.1) is 0 Å². The van der Waals surface area contributed by atoms with Crippen molar-refractivity contribution < 1.29 is 8.42 Å². The highest BCUT2D eigenvalue weighted by molar-refractivity contribution is 9.10. The fourth-order valence-corrected chi connectivity index (χ4v) is 4.44. The number of hydrogen-bond donors (Lipinski definition) is 3. The topological polar surface area (TPSA) is 91.1 Å². The molecule has 0 spiro atoms. The molecule has 21 heavy (non-hydrogen) atoms. The van der Waals surface area contributed by atoms with Crippen LogP contribution in [0.1, 0.15) is 11.3 Å². The van der Waals surface area contributed by atoms with E-state index in [9.17, 15) is 13.2 Å². The second-order valence-electron chi connectivity index (χ2n) is 4.29. The van der Waals surface area contributed by atoms with E-state index in [-0.39, 0.29) is 16.3 Å². The van der Waals surface area contributed by atoms with E-state index in [1.54, 1.807) is 23.6 Å². The smallest absolute Gasteiger partial charge is 0.304 e. The Hall–Kier alpha value is -1.00. The molecule has 9 heteroatoms. The Morgan fingerprint density at radius 1 is 1.33 bits per heavy atom. The summed E-state index contributed by atoms with van der Waals surface area (Å²) in [6.07, 6.45) is 0. The summed E-state index contributed by atoms with van der Waals surface area (Å²) in [7, 11) is -1.83. The Balaban J connectivity index is 2.17. The zero-order chi connectivity index (χ0) is 15.5. The van der Waals surface area contributed by atoms with Crippen LogP contribution in [0.4, 0.5) is 0 Å². The van der Waals surface area contributed by atoms with E-state index in [0.717, 1.165) is 16.9 Å². The average Bonchev–Trinajstić information content (AvgIpc) is 2.83. The van der Waals surface area contributed by atoms with Gasteiger partial charge in [0.2, 0.25) is 10.0 Å². The summed E-state index contributed by atoms with van der Waals surface area (Å²) in [6.45, 7) is 0.703. The van der Waals surface area contributed by atoms with Gasteiger partial charge >= 0.3 is 4.87 Å². The standard InChI is InChI=1S/C12H14BrN3O3S2/c1-14-5-8-2-3-11(10(13)4-8)21(18,19)15-6-9-7-20-12(17)16-9/h2-4,7,14-15H,5-6H2,1H3,(H,16,17). The Bertz CT molecular complexity index is 783. The summed E-state index contributed by atoms with van der Waals surface area (Å²) < 4.78 is 27.5. The van der Waals surface area contributed by atoms with Gasteiger partial charge in [-0.2, -0.15) is 0 Å². The van der Waals surface area contributed by atoms with Crippen molar-refractivity contribution in [2.75, 3.05) is 7.05 Å². The second kappa shape index (κ2) is 6.84. The summed E-state index contributed by atoms with van der Waals surface area (Å²) in [5.41, 5.74) is 1.52. The molecular formula is C12H14BrN3O3S2. The summed E-state index contributed by atoms with van der Waals surface area (Å²) in [6, 6.07) is 5.06. The van der Waals surface area contributed by atoms with Crippen LogP contribution in [0.5, 0.6) is 0 Å². The van der Waals surface area contributed by atoms with E-state index in [1.807, 2.05) is 7.05 Å². The minimum absolute atomic E-state index is 0.0474. The van der Waals surface area contributed by atoms with Gasteiger partial charge in [0.05, 0.1) is 11.4 Å². The molecule has 2 rings (SSSR count). The van der Waals surface area contributed by atoms with Crippen LogP contribution in [-0.4, -0.2) is 20.4 Å². The minimum atomic E-state index is -3.65. The first kappa shape index (κ1) is 16.4. The van der Waals surface area contributed by atoms with Crippen molar-refractivity contribution in [2.24, 2.45) is 0 Å². The molecule has 1 heterocycles. The monoisotopic (exact) mass is 391 g/mol. The van der Waals surface area contributed by atoms with Crippen molar-refractivity contribution in [3.05, 3.63) is 49.0 Å². The largest absolute Gasteiger partial charge is 0.316 e. The summed E-state index contributed by atoms with van der Waals surface area (Å²) >= 11 is 4.28. The molecule has 0 atom stereocenters. The molecule has 0 fully saturated rings. The summed E-state index contributed by atoms with van der Waals surface area (Å²) in [5.74, 6) is 0. The molecule has 0 bridgehead atoms. The van der Waals surface area contributed by atoms with Crippen LogP contribution in [-0.2, 0) is 23.1 Å². The van der Waals surface area contributed by atoms with Crippen LogP contribution < -0.4 is 14.9 Å². The number of aromatic amines is 1. The molecule has 1 aromatic heterocycles. The van der Waals surface area contributed by atoms with Gasteiger partial charge in [-0.25, -0.2) is 13.1 Å². The lowest BCUT2D eigenvalue weighted by atomic mass is 10.2. The maximum Gasteiger partial charge on any atom is 0.304 e. The third-order valence-electron chi connectivity index (χ3n) is 2.69. The molecule has 0 radical (unpaired) electrons. The molecule has 0 aliphatic rings. The molecule has 0 aliphatic heterocycles. The molecule has 0 aliphatic carbocycles. The first-order chi connectivity index (χ1) is 9.92. The zero-order valence-corrected chi connectivity index (χ0v) is 14.4. The Labute approximate surface area is 134 Å². The van der Waals surface area contributed by atoms with E-state index >= 15 is 0 Å². The normalized spacial score (nSPS) is 11.7. The van der Waals surface area contributed by atoms with E-state index < -0.39 is 10.0 Å². The van der Waals surface area contributed by atoms with E-state index in [2.05, 4.69) is 31.0 Å². The lowest BCUT2D eigenvalue weighted by Crippen LogP contribution is -2.24. The molecule has 3 N–H and O–H groups in total. The van der Waals surface area contributed by atoms with Crippen LogP contribution in [0.25, 0.3) is 0 Å². The van der Waals surface area contributed by atoms with Gasteiger partial charge in [0.1, 0.15) is 0 Å². The van der Waals surface area contributed by atoms with Crippen LogP contribution in [0.2, 0.25) is 0 Å². The summed E-state index contributed by atoms with van der Waals surface area (Å²) in [4.78, 5) is 13.5. The molecular weight excluding hydrogens is 378 g/mol. The molecule has 1 aromatic carbocycles. The number of hydrogen-bond acceptors (Lipinski definition) is 5. The highest BCUT2D eigenvalue weighted by atomic mass is 79.9. The molecule has 0 unspecified atom stereocenters. The number of H-pyrrole nitrogens is 1. The van der Waals surface area contributed by atoms with Gasteiger partial charge in [0, 0.05) is 22.1 Å². The number of benzene rings is 1. The molecule has 0 saturated heterocycles. The van der Waals surface area contributed by atoms with Crippen molar-refractivity contribution in [3.8, 4) is 0 Å². The second-order valence-corrected chi connectivity index (χ2v) is 7.72. The van der Waals surface area contributed by atoms with Crippen LogP contribution >= 0.6 is 27.3 Å². The number of sulfonamides is 1. The number of nitrogens with one attached hydrogen (secondary N) is 3. The molecule has 2 aromatic rings. The fourth-order valence-electron chi connectivity index (χ4n) is 1.73. The third kappa shape index (κ3) is 4.24. The first-order valence-corrected chi connectivity index (χ1v) is 9.17. The van der Waals surface area contributed by atoms with Crippen molar-refractivity contribution in [1.82, 2.24) is 15.0 Å².